The number of hydrogen-bond donors (Lipinski definition) is 1. The van der Waals surface area contributed by atoms with Crippen molar-refractivity contribution in [1.29, 1.82) is 0 Å². The first-order valence-corrected chi connectivity index (χ1v) is 6.00. The van der Waals surface area contributed by atoms with Gasteiger partial charge in [0.1, 0.15) is 6.33 Å². The molecule has 0 fully saturated rings. The number of amides is 1. The zero-order valence-electron chi connectivity index (χ0n) is 10.5. The van der Waals surface area contributed by atoms with Crippen LogP contribution in [-0.2, 0) is 11.3 Å². The zero-order valence-corrected chi connectivity index (χ0v) is 10.5. The Labute approximate surface area is 102 Å². The maximum absolute atomic E-state index is 11.7. The van der Waals surface area contributed by atoms with Crippen LogP contribution in [0.3, 0.4) is 0 Å². The van der Waals surface area contributed by atoms with E-state index in [1.807, 2.05) is 18.7 Å². The summed E-state index contributed by atoms with van der Waals surface area (Å²) in [4.78, 5) is 21.4. The van der Waals surface area contributed by atoms with Crippen molar-refractivity contribution in [2.45, 2.75) is 26.8 Å². The maximum Gasteiger partial charge on any atom is 0.223 e. The van der Waals surface area contributed by atoms with Gasteiger partial charge in [-0.3, -0.25) is 4.79 Å². The fraction of sp³-hybridized carbons (Fsp3) is 0.583. The summed E-state index contributed by atoms with van der Waals surface area (Å²) in [6, 6.07) is 0. The molecule has 1 aromatic heterocycles. The van der Waals surface area contributed by atoms with Gasteiger partial charge in [0.25, 0.3) is 0 Å². The predicted octanol–water partition coefficient (Wildman–Crippen LogP) is 0.825. The van der Waals surface area contributed by atoms with Gasteiger partial charge in [-0.25, -0.2) is 9.97 Å². The van der Waals surface area contributed by atoms with Crippen LogP contribution in [0.25, 0.3) is 0 Å². The van der Waals surface area contributed by atoms with E-state index in [2.05, 4.69) is 15.3 Å². The van der Waals surface area contributed by atoms with Gasteiger partial charge in [0.2, 0.25) is 5.91 Å². The molecule has 17 heavy (non-hydrogen) atoms. The Morgan fingerprint density at radius 1 is 1.29 bits per heavy atom. The first-order valence-electron chi connectivity index (χ1n) is 6.00. The van der Waals surface area contributed by atoms with Gasteiger partial charge in [-0.05, 0) is 13.8 Å². The maximum atomic E-state index is 11.7. The minimum absolute atomic E-state index is 0.201. The van der Waals surface area contributed by atoms with Crippen LogP contribution < -0.4 is 5.32 Å². The summed E-state index contributed by atoms with van der Waals surface area (Å²) in [5, 5.41) is 3.21. The zero-order chi connectivity index (χ0) is 12.5. The summed E-state index contributed by atoms with van der Waals surface area (Å²) in [7, 11) is 0. The van der Waals surface area contributed by atoms with E-state index in [1.165, 1.54) is 6.33 Å². The molecule has 5 heteroatoms. The van der Waals surface area contributed by atoms with Crippen LogP contribution >= 0.6 is 0 Å². The Morgan fingerprint density at radius 3 is 2.53 bits per heavy atom. The Kier molecular flexibility index (Phi) is 6.17. The van der Waals surface area contributed by atoms with Crippen LogP contribution in [0.1, 0.15) is 25.8 Å². The quantitative estimate of drug-likeness (QED) is 0.712. The number of carbonyl (C=O) groups excluding carboxylic acids is 1. The molecule has 1 amide bonds. The first kappa shape index (κ1) is 13.6. The average Bonchev–Trinajstić information content (AvgIpc) is 2.37. The predicted molar refractivity (Wildman–Crippen MR) is 66.3 cm³/mol. The van der Waals surface area contributed by atoms with Gasteiger partial charge in [-0.1, -0.05) is 0 Å². The van der Waals surface area contributed by atoms with Gasteiger partial charge < -0.3 is 10.2 Å². The van der Waals surface area contributed by atoms with Gasteiger partial charge in [-0.15, -0.1) is 0 Å². The molecule has 0 bridgehead atoms. The highest BCUT2D eigenvalue weighted by Crippen LogP contribution is 1.94. The van der Waals surface area contributed by atoms with Crippen molar-refractivity contribution in [2.24, 2.45) is 0 Å². The molecular formula is C12H20N4O. The van der Waals surface area contributed by atoms with Crippen LogP contribution in [0.15, 0.2) is 18.7 Å². The third-order valence-electron chi connectivity index (χ3n) is 2.57. The first-order chi connectivity index (χ1) is 8.27. The largest absolute Gasteiger partial charge is 0.343 e. The lowest BCUT2D eigenvalue weighted by atomic mass is 10.3. The molecule has 5 nitrogen and oxygen atoms in total. The van der Waals surface area contributed by atoms with Crippen LogP contribution in [-0.4, -0.2) is 40.4 Å². The second-order valence-electron chi connectivity index (χ2n) is 3.74. The number of rotatable bonds is 7. The van der Waals surface area contributed by atoms with Crippen LogP contribution in [0.4, 0.5) is 0 Å². The highest BCUT2D eigenvalue weighted by molar-refractivity contribution is 5.76. The lowest BCUT2D eigenvalue weighted by molar-refractivity contribution is -0.130. The molecule has 1 heterocycles. The highest BCUT2D eigenvalue weighted by Gasteiger charge is 2.07. The minimum Gasteiger partial charge on any atom is -0.343 e. The second kappa shape index (κ2) is 7.73. The van der Waals surface area contributed by atoms with Crippen molar-refractivity contribution in [2.75, 3.05) is 19.6 Å². The van der Waals surface area contributed by atoms with Gasteiger partial charge >= 0.3 is 0 Å². The molecule has 0 aliphatic carbocycles. The van der Waals surface area contributed by atoms with Crippen LogP contribution in [0.2, 0.25) is 0 Å². The molecule has 0 aromatic carbocycles. The lowest BCUT2D eigenvalue weighted by Gasteiger charge is -2.18. The topological polar surface area (TPSA) is 58.1 Å². The van der Waals surface area contributed by atoms with Crippen molar-refractivity contribution < 1.29 is 4.79 Å². The van der Waals surface area contributed by atoms with E-state index in [9.17, 15) is 4.79 Å². The Morgan fingerprint density at radius 2 is 1.94 bits per heavy atom. The standard InChI is InChI=1S/C12H20N4O/c1-3-16(4-2)12(17)5-6-13-7-11-8-14-10-15-9-11/h8-10,13H,3-7H2,1-2H3. The van der Waals surface area contributed by atoms with Crippen LogP contribution in [0, 0.1) is 0 Å². The monoisotopic (exact) mass is 236 g/mol. The fourth-order valence-corrected chi connectivity index (χ4v) is 1.58. The highest BCUT2D eigenvalue weighted by atomic mass is 16.2. The molecule has 0 aliphatic heterocycles. The Hall–Kier alpha value is -1.49. The molecule has 1 aromatic rings. The molecule has 0 radical (unpaired) electrons. The van der Waals surface area contributed by atoms with Crippen LogP contribution in [0.5, 0.6) is 0 Å². The Balaban J connectivity index is 2.18. The third-order valence-corrected chi connectivity index (χ3v) is 2.57. The molecule has 0 saturated carbocycles. The Bertz CT molecular complexity index is 325. The van der Waals surface area contributed by atoms with E-state index < -0.39 is 0 Å². The van der Waals surface area contributed by atoms with E-state index in [0.717, 1.165) is 18.7 Å². The van der Waals surface area contributed by atoms with Gasteiger partial charge in [0, 0.05) is 50.6 Å². The third kappa shape index (κ3) is 4.91. The molecule has 0 atom stereocenters. The molecule has 1 N–H and O–H groups in total. The van der Waals surface area contributed by atoms with Gasteiger partial charge in [-0.2, -0.15) is 0 Å². The summed E-state index contributed by atoms with van der Waals surface area (Å²) in [5.41, 5.74) is 1.03. The number of nitrogens with zero attached hydrogens (tertiary/aromatic N) is 3. The summed E-state index contributed by atoms with van der Waals surface area (Å²) >= 11 is 0. The normalized spacial score (nSPS) is 10.2. The second-order valence-corrected chi connectivity index (χ2v) is 3.74. The van der Waals surface area contributed by atoms with E-state index >= 15 is 0 Å². The number of hydrogen-bond acceptors (Lipinski definition) is 4. The average molecular weight is 236 g/mol. The number of carbonyl (C=O) groups is 1. The van der Waals surface area contributed by atoms with Crippen molar-refractivity contribution in [3.05, 3.63) is 24.3 Å². The van der Waals surface area contributed by atoms with Gasteiger partial charge in [0.05, 0.1) is 0 Å². The molecule has 0 aliphatic rings. The molecule has 0 saturated heterocycles. The van der Waals surface area contributed by atoms with E-state index in [4.69, 9.17) is 0 Å². The van der Waals surface area contributed by atoms with Crippen molar-refractivity contribution in [3.8, 4) is 0 Å². The SMILES string of the molecule is CCN(CC)C(=O)CCNCc1cncnc1. The molecule has 0 unspecified atom stereocenters. The number of aromatic nitrogens is 2. The molecule has 1 rings (SSSR count). The van der Waals surface area contributed by atoms with Crippen molar-refractivity contribution in [1.82, 2.24) is 20.2 Å². The number of nitrogens with one attached hydrogen (secondary N) is 1. The molecular weight excluding hydrogens is 216 g/mol. The van der Waals surface area contributed by atoms with E-state index in [0.29, 0.717) is 19.5 Å². The fourth-order valence-electron chi connectivity index (χ4n) is 1.58. The summed E-state index contributed by atoms with van der Waals surface area (Å²) in [5.74, 6) is 0.201. The smallest absolute Gasteiger partial charge is 0.223 e. The summed E-state index contributed by atoms with van der Waals surface area (Å²) < 4.78 is 0. The van der Waals surface area contributed by atoms with Gasteiger partial charge in [0.15, 0.2) is 0 Å². The lowest BCUT2D eigenvalue weighted by Crippen LogP contribution is -2.32. The van der Waals surface area contributed by atoms with Crippen molar-refractivity contribution >= 4 is 5.91 Å². The van der Waals surface area contributed by atoms with Crippen molar-refractivity contribution in [3.63, 3.8) is 0 Å². The molecule has 94 valence electrons. The molecule has 0 spiro atoms. The van der Waals surface area contributed by atoms with E-state index in [1.54, 1.807) is 12.4 Å². The summed E-state index contributed by atoms with van der Waals surface area (Å²) in [6.45, 7) is 6.94. The van der Waals surface area contributed by atoms with E-state index in [-0.39, 0.29) is 5.91 Å². The minimum atomic E-state index is 0.201. The summed E-state index contributed by atoms with van der Waals surface area (Å²) in [6.07, 6.45) is 5.58.